The minimum atomic E-state index is -0.809. The predicted octanol–water partition coefficient (Wildman–Crippen LogP) is 3.46. The SMILES string of the molecule is O=C(O)[C@H]1Cc2c([nH]c3ccccc23)[C@@H](c2cccc(I)c2)N1. The van der Waals surface area contributed by atoms with Gasteiger partial charge in [-0.3, -0.25) is 10.1 Å². The van der Waals surface area contributed by atoms with E-state index in [1.165, 1.54) is 0 Å². The number of carboxylic acids is 1. The molecule has 1 aliphatic rings. The number of H-pyrrole nitrogens is 1. The molecule has 1 aliphatic heterocycles. The molecule has 0 spiro atoms. The van der Waals surface area contributed by atoms with Crippen molar-refractivity contribution in [2.75, 3.05) is 0 Å². The first kappa shape index (κ1) is 14.7. The van der Waals surface area contributed by atoms with E-state index in [0.717, 1.165) is 31.3 Å². The van der Waals surface area contributed by atoms with Gasteiger partial charge in [0.15, 0.2) is 0 Å². The molecule has 4 nitrogen and oxygen atoms in total. The number of benzene rings is 2. The molecule has 0 radical (unpaired) electrons. The molecule has 3 aromatic rings. The van der Waals surface area contributed by atoms with E-state index >= 15 is 0 Å². The largest absolute Gasteiger partial charge is 0.480 e. The molecule has 0 saturated heterocycles. The van der Waals surface area contributed by atoms with Crippen LogP contribution in [0.15, 0.2) is 48.5 Å². The normalized spacial score (nSPS) is 20.4. The highest BCUT2D eigenvalue weighted by Crippen LogP contribution is 2.35. The molecule has 116 valence electrons. The highest BCUT2D eigenvalue weighted by atomic mass is 127. The average Bonchev–Trinajstić information content (AvgIpc) is 2.92. The summed E-state index contributed by atoms with van der Waals surface area (Å²) in [6.45, 7) is 0. The lowest BCUT2D eigenvalue weighted by Crippen LogP contribution is -2.44. The highest BCUT2D eigenvalue weighted by molar-refractivity contribution is 14.1. The Morgan fingerprint density at radius 1 is 1.17 bits per heavy atom. The van der Waals surface area contributed by atoms with Crippen molar-refractivity contribution >= 4 is 39.5 Å². The highest BCUT2D eigenvalue weighted by Gasteiger charge is 2.33. The van der Waals surface area contributed by atoms with Gasteiger partial charge >= 0.3 is 5.97 Å². The zero-order valence-corrected chi connectivity index (χ0v) is 14.4. The van der Waals surface area contributed by atoms with Gasteiger partial charge in [-0.15, -0.1) is 0 Å². The fourth-order valence-electron chi connectivity index (χ4n) is 3.34. The molecule has 2 atom stereocenters. The first-order valence-corrected chi connectivity index (χ1v) is 8.55. The summed E-state index contributed by atoms with van der Waals surface area (Å²) in [6, 6.07) is 15.5. The number of fused-ring (bicyclic) bond motifs is 3. The lowest BCUT2D eigenvalue weighted by molar-refractivity contribution is -0.139. The van der Waals surface area contributed by atoms with Crippen LogP contribution in [0.25, 0.3) is 10.9 Å². The van der Waals surface area contributed by atoms with Crippen LogP contribution in [-0.2, 0) is 11.2 Å². The van der Waals surface area contributed by atoms with Crippen molar-refractivity contribution in [3.05, 3.63) is 68.9 Å². The van der Waals surface area contributed by atoms with Crippen molar-refractivity contribution in [3.8, 4) is 0 Å². The Labute approximate surface area is 147 Å². The summed E-state index contributed by atoms with van der Waals surface area (Å²) in [4.78, 5) is 15.1. The van der Waals surface area contributed by atoms with Crippen LogP contribution in [0.4, 0.5) is 0 Å². The third-order valence-electron chi connectivity index (χ3n) is 4.39. The Bertz CT molecular complexity index is 903. The van der Waals surface area contributed by atoms with Crippen LogP contribution < -0.4 is 5.32 Å². The van der Waals surface area contributed by atoms with Gasteiger partial charge in [0.25, 0.3) is 0 Å². The molecule has 0 fully saturated rings. The number of hydrogen-bond acceptors (Lipinski definition) is 2. The maximum atomic E-state index is 11.6. The average molecular weight is 418 g/mol. The van der Waals surface area contributed by atoms with E-state index in [0.29, 0.717) is 6.42 Å². The molecule has 2 aromatic carbocycles. The fraction of sp³-hybridized carbons (Fsp3) is 0.167. The quantitative estimate of drug-likeness (QED) is 0.559. The van der Waals surface area contributed by atoms with Gasteiger partial charge in [0, 0.05) is 26.6 Å². The standard InChI is InChI=1S/C18H15IN2O2/c19-11-5-3-4-10(8-11)16-17-13(9-15(21-16)18(22)23)12-6-1-2-7-14(12)20-17/h1-8,15-16,20-21H,9H2,(H,22,23)/t15-,16-/m1/s1. The molecule has 1 aromatic heterocycles. The van der Waals surface area contributed by atoms with Gasteiger partial charge in [-0.25, -0.2) is 0 Å². The zero-order valence-electron chi connectivity index (χ0n) is 12.2. The summed E-state index contributed by atoms with van der Waals surface area (Å²) in [7, 11) is 0. The van der Waals surface area contributed by atoms with Crippen LogP contribution in [0.2, 0.25) is 0 Å². The molecule has 2 heterocycles. The van der Waals surface area contributed by atoms with E-state index in [4.69, 9.17) is 0 Å². The minimum Gasteiger partial charge on any atom is -0.480 e. The molecule has 0 bridgehead atoms. The van der Waals surface area contributed by atoms with Crippen molar-refractivity contribution in [2.24, 2.45) is 0 Å². The topological polar surface area (TPSA) is 65.1 Å². The van der Waals surface area contributed by atoms with E-state index in [2.05, 4.69) is 45.0 Å². The monoisotopic (exact) mass is 418 g/mol. The third-order valence-corrected chi connectivity index (χ3v) is 5.06. The number of carbonyl (C=O) groups is 1. The van der Waals surface area contributed by atoms with Crippen LogP contribution >= 0.6 is 22.6 Å². The van der Waals surface area contributed by atoms with Crippen LogP contribution in [0.3, 0.4) is 0 Å². The number of nitrogens with one attached hydrogen (secondary N) is 2. The van der Waals surface area contributed by atoms with E-state index in [-0.39, 0.29) is 6.04 Å². The second kappa shape index (κ2) is 5.65. The van der Waals surface area contributed by atoms with Gasteiger partial charge < -0.3 is 10.1 Å². The van der Waals surface area contributed by atoms with Gasteiger partial charge in [-0.2, -0.15) is 0 Å². The van der Waals surface area contributed by atoms with Gasteiger partial charge in [-0.05, 0) is 51.9 Å². The number of aliphatic carboxylic acids is 1. The maximum Gasteiger partial charge on any atom is 0.321 e. The Morgan fingerprint density at radius 3 is 2.78 bits per heavy atom. The zero-order chi connectivity index (χ0) is 16.0. The van der Waals surface area contributed by atoms with Gasteiger partial charge in [-0.1, -0.05) is 30.3 Å². The molecule has 0 unspecified atom stereocenters. The summed E-state index contributed by atoms with van der Waals surface area (Å²) < 4.78 is 1.14. The van der Waals surface area contributed by atoms with Crippen molar-refractivity contribution < 1.29 is 9.90 Å². The lowest BCUT2D eigenvalue weighted by atomic mass is 9.90. The van der Waals surface area contributed by atoms with E-state index < -0.39 is 12.0 Å². The van der Waals surface area contributed by atoms with Crippen LogP contribution in [0, 0.1) is 3.57 Å². The van der Waals surface area contributed by atoms with Crippen molar-refractivity contribution in [3.63, 3.8) is 0 Å². The maximum absolute atomic E-state index is 11.6. The first-order valence-electron chi connectivity index (χ1n) is 7.47. The number of para-hydroxylation sites is 1. The Morgan fingerprint density at radius 2 is 2.00 bits per heavy atom. The summed E-state index contributed by atoms with van der Waals surface area (Å²) in [5.74, 6) is -0.809. The first-order chi connectivity index (χ1) is 11.1. The van der Waals surface area contributed by atoms with Crippen LogP contribution in [0.5, 0.6) is 0 Å². The lowest BCUT2D eigenvalue weighted by Gasteiger charge is -2.29. The second-order valence-corrected chi connectivity index (χ2v) is 7.06. The van der Waals surface area contributed by atoms with Crippen molar-refractivity contribution in [2.45, 2.75) is 18.5 Å². The summed E-state index contributed by atoms with van der Waals surface area (Å²) >= 11 is 2.28. The molecular formula is C18H15IN2O2. The number of hydrogen-bond donors (Lipinski definition) is 3. The predicted molar refractivity (Wildman–Crippen MR) is 97.6 cm³/mol. The molecule has 0 saturated carbocycles. The molecule has 0 amide bonds. The van der Waals surface area contributed by atoms with E-state index in [9.17, 15) is 9.90 Å². The van der Waals surface area contributed by atoms with Crippen molar-refractivity contribution in [1.82, 2.24) is 10.3 Å². The van der Waals surface area contributed by atoms with Gasteiger partial charge in [0.05, 0.1) is 6.04 Å². The smallest absolute Gasteiger partial charge is 0.321 e. The minimum absolute atomic E-state index is 0.137. The summed E-state index contributed by atoms with van der Waals surface area (Å²) in [5.41, 5.74) is 4.32. The number of carboxylic acid groups (broad SMARTS) is 1. The fourth-order valence-corrected chi connectivity index (χ4v) is 3.91. The molecule has 23 heavy (non-hydrogen) atoms. The molecule has 3 N–H and O–H groups in total. The molecule has 5 heteroatoms. The van der Waals surface area contributed by atoms with Crippen molar-refractivity contribution in [1.29, 1.82) is 0 Å². The number of halogens is 1. The Hall–Kier alpha value is -1.86. The summed E-state index contributed by atoms with van der Waals surface area (Å²) in [5, 5.41) is 13.9. The molecular weight excluding hydrogens is 403 g/mol. The van der Waals surface area contributed by atoms with E-state index in [1.807, 2.05) is 36.4 Å². The van der Waals surface area contributed by atoms with Crippen LogP contribution in [-0.4, -0.2) is 22.1 Å². The Balaban J connectivity index is 1.91. The number of aromatic amines is 1. The van der Waals surface area contributed by atoms with Gasteiger partial charge in [0.1, 0.15) is 6.04 Å². The summed E-state index contributed by atoms with van der Waals surface area (Å²) in [6.07, 6.45) is 0.495. The number of rotatable bonds is 2. The van der Waals surface area contributed by atoms with Gasteiger partial charge in [0.2, 0.25) is 0 Å². The second-order valence-electron chi connectivity index (χ2n) is 5.81. The molecule has 0 aliphatic carbocycles. The number of aromatic nitrogens is 1. The molecule has 4 rings (SSSR count). The van der Waals surface area contributed by atoms with E-state index in [1.54, 1.807) is 0 Å². The third kappa shape index (κ3) is 2.53. The Kier molecular flexibility index (Phi) is 3.61. The van der Waals surface area contributed by atoms with Crippen LogP contribution in [0.1, 0.15) is 22.9 Å².